The maximum atomic E-state index is 12.7. The lowest BCUT2D eigenvalue weighted by atomic mass is 9.90. The molecule has 4 rings (SSSR count). The van der Waals surface area contributed by atoms with E-state index in [-0.39, 0.29) is 22.1 Å². The van der Waals surface area contributed by atoms with Gasteiger partial charge in [-0.15, -0.1) is 11.8 Å². The molecule has 0 amide bonds. The average Bonchev–Trinajstić information content (AvgIpc) is 2.60. The minimum absolute atomic E-state index is 0.0795. The molecule has 0 radical (unpaired) electrons. The zero-order chi connectivity index (χ0) is 15.8. The van der Waals surface area contributed by atoms with Crippen molar-refractivity contribution in [2.75, 3.05) is 0 Å². The van der Waals surface area contributed by atoms with Gasteiger partial charge in [-0.1, -0.05) is 48.5 Å². The zero-order valence-electron chi connectivity index (χ0n) is 12.8. The minimum Gasteiger partial charge on any atom is -0.293 e. The molecule has 3 heteroatoms. The Morgan fingerprint density at radius 1 is 0.696 bits per heavy atom. The molecule has 0 saturated carbocycles. The van der Waals surface area contributed by atoms with Gasteiger partial charge in [-0.05, 0) is 36.8 Å². The van der Waals surface area contributed by atoms with E-state index in [1.807, 2.05) is 48.5 Å². The number of fused-ring (bicyclic) bond motifs is 2. The van der Waals surface area contributed by atoms with E-state index in [0.29, 0.717) is 0 Å². The molecule has 0 spiro atoms. The molecule has 0 fully saturated rings. The van der Waals surface area contributed by atoms with Gasteiger partial charge in [-0.2, -0.15) is 0 Å². The van der Waals surface area contributed by atoms with Crippen LogP contribution in [-0.2, 0) is 12.8 Å². The summed E-state index contributed by atoms with van der Waals surface area (Å²) in [5, 5.41) is -0.159. The topological polar surface area (TPSA) is 34.1 Å². The van der Waals surface area contributed by atoms with Crippen LogP contribution < -0.4 is 0 Å². The standard InChI is InChI=1S/C20H18O2S/c21-19-15-7-3-1-5-13(15)9-11-17(19)23-18-12-10-14-6-2-4-8-16(14)20(18)22/h1-8,17-18H,9-12H2. The smallest absolute Gasteiger partial charge is 0.176 e. The van der Waals surface area contributed by atoms with Crippen molar-refractivity contribution in [3.8, 4) is 0 Å². The van der Waals surface area contributed by atoms with E-state index in [1.54, 1.807) is 11.8 Å². The molecule has 2 aromatic rings. The number of thioether (sulfide) groups is 1. The fraction of sp³-hybridized carbons (Fsp3) is 0.300. The van der Waals surface area contributed by atoms with E-state index in [1.165, 1.54) is 0 Å². The highest BCUT2D eigenvalue weighted by atomic mass is 32.2. The molecule has 0 aromatic heterocycles. The van der Waals surface area contributed by atoms with Crippen molar-refractivity contribution in [1.29, 1.82) is 0 Å². The molecule has 23 heavy (non-hydrogen) atoms. The van der Waals surface area contributed by atoms with Crippen LogP contribution in [0.25, 0.3) is 0 Å². The highest BCUT2D eigenvalue weighted by molar-refractivity contribution is 8.02. The summed E-state index contributed by atoms with van der Waals surface area (Å²) in [4.78, 5) is 25.4. The molecule has 0 N–H and O–H groups in total. The number of aryl methyl sites for hydroxylation is 2. The quantitative estimate of drug-likeness (QED) is 0.834. The van der Waals surface area contributed by atoms with Gasteiger partial charge in [-0.25, -0.2) is 0 Å². The first kappa shape index (κ1) is 14.7. The predicted octanol–water partition coefficient (Wildman–Crippen LogP) is 4.12. The SMILES string of the molecule is O=C1c2ccccc2CCC1SC1CCc2ccccc2C1=O. The second-order valence-corrected chi connectivity index (χ2v) is 7.64. The average molecular weight is 322 g/mol. The van der Waals surface area contributed by atoms with Gasteiger partial charge in [0.25, 0.3) is 0 Å². The molecular formula is C20H18O2S. The van der Waals surface area contributed by atoms with Crippen molar-refractivity contribution in [2.45, 2.75) is 36.2 Å². The van der Waals surface area contributed by atoms with Gasteiger partial charge in [-0.3, -0.25) is 9.59 Å². The monoisotopic (exact) mass is 322 g/mol. The van der Waals surface area contributed by atoms with Gasteiger partial charge < -0.3 is 0 Å². The number of benzene rings is 2. The van der Waals surface area contributed by atoms with Gasteiger partial charge >= 0.3 is 0 Å². The van der Waals surface area contributed by atoms with Crippen LogP contribution in [0.5, 0.6) is 0 Å². The van der Waals surface area contributed by atoms with E-state index in [0.717, 1.165) is 47.9 Å². The highest BCUT2D eigenvalue weighted by Crippen LogP contribution is 2.36. The van der Waals surface area contributed by atoms with E-state index >= 15 is 0 Å². The van der Waals surface area contributed by atoms with E-state index in [4.69, 9.17) is 0 Å². The zero-order valence-corrected chi connectivity index (χ0v) is 13.6. The number of ketones is 2. The van der Waals surface area contributed by atoms with Crippen molar-refractivity contribution in [2.24, 2.45) is 0 Å². The Labute approximate surface area is 140 Å². The normalized spacial score (nSPS) is 23.3. The summed E-state index contributed by atoms with van der Waals surface area (Å²) < 4.78 is 0. The van der Waals surface area contributed by atoms with Gasteiger partial charge in [0, 0.05) is 11.1 Å². The maximum absolute atomic E-state index is 12.7. The largest absolute Gasteiger partial charge is 0.293 e. The van der Waals surface area contributed by atoms with E-state index in [2.05, 4.69) is 0 Å². The van der Waals surface area contributed by atoms with Crippen molar-refractivity contribution in [3.63, 3.8) is 0 Å². The van der Waals surface area contributed by atoms with E-state index < -0.39 is 0 Å². The summed E-state index contributed by atoms with van der Waals surface area (Å²) in [6.45, 7) is 0. The molecule has 2 nitrogen and oxygen atoms in total. The third kappa shape index (κ3) is 2.63. The number of carbonyl (C=O) groups excluding carboxylic acids is 2. The molecule has 2 atom stereocenters. The fourth-order valence-corrected chi connectivity index (χ4v) is 5.00. The molecule has 2 aliphatic rings. The number of rotatable bonds is 2. The first-order valence-electron chi connectivity index (χ1n) is 8.14. The summed E-state index contributed by atoms with van der Waals surface area (Å²) in [6, 6.07) is 15.7. The Morgan fingerprint density at radius 3 is 1.61 bits per heavy atom. The molecule has 116 valence electrons. The predicted molar refractivity (Wildman–Crippen MR) is 93.4 cm³/mol. The Kier molecular flexibility index (Phi) is 3.82. The molecule has 2 unspecified atom stereocenters. The Hall–Kier alpha value is -1.87. The third-order valence-corrected chi connectivity index (χ3v) is 6.39. The first-order chi connectivity index (χ1) is 11.2. The molecule has 0 saturated heterocycles. The summed E-state index contributed by atoms with van der Waals surface area (Å²) >= 11 is 1.59. The third-order valence-electron chi connectivity index (χ3n) is 4.83. The van der Waals surface area contributed by atoms with Crippen LogP contribution in [0.15, 0.2) is 48.5 Å². The fourth-order valence-electron chi connectivity index (χ4n) is 3.60. The van der Waals surface area contributed by atoms with Crippen molar-refractivity contribution >= 4 is 23.3 Å². The van der Waals surface area contributed by atoms with E-state index in [9.17, 15) is 9.59 Å². The summed E-state index contributed by atoms with van der Waals surface area (Å²) in [5.74, 6) is 0.395. The molecule has 0 bridgehead atoms. The van der Waals surface area contributed by atoms with Crippen LogP contribution in [0.1, 0.15) is 44.7 Å². The summed E-state index contributed by atoms with van der Waals surface area (Å²) in [6.07, 6.45) is 3.53. The Morgan fingerprint density at radius 2 is 1.13 bits per heavy atom. The maximum Gasteiger partial charge on any atom is 0.176 e. The molecular weight excluding hydrogens is 304 g/mol. The second-order valence-electron chi connectivity index (χ2n) is 6.23. The lowest BCUT2D eigenvalue weighted by Gasteiger charge is -2.28. The van der Waals surface area contributed by atoms with Crippen molar-refractivity contribution < 1.29 is 9.59 Å². The van der Waals surface area contributed by atoms with Crippen LogP contribution in [-0.4, -0.2) is 22.1 Å². The summed E-state index contributed by atoms with van der Waals surface area (Å²) in [5.41, 5.74) is 3.99. The van der Waals surface area contributed by atoms with Crippen LogP contribution in [0.3, 0.4) is 0 Å². The number of Topliss-reactive ketones (excluding diaryl/α,β-unsaturated/α-hetero) is 2. The molecule has 2 aliphatic carbocycles. The van der Waals surface area contributed by atoms with Gasteiger partial charge in [0.2, 0.25) is 0 Å². The Balaban J connectivity index is 1.54. The summed E-state index contributed by atoms with van der Waals surface area (Å²) in [7, 11) is 0. The Bertz CT molecular complexity index is 715. The van der Waals surface area contributed by atoms with Crippen LogP contribution in [0, 0.1) is 0 Å². The molecule has 2 aromatic carbocycles. The number of hydrogen-bond donors (Lipinski definition) is 0. The molecule has 0 aliphatic heterocycles. The molecule has 0 heterocycles. The van der Waals surface area contributed by atoms with Crippen LogP contribution in [0.4, 0.5) is 0 Å². The second kappa shape index (κ2) is 5.97. The van der Waals surface area contributed by atoms with Gasteiger partial charge in [0.15, 0.2) is 11.6 Å². The van der Waals surface area contributed by atoms with Crippen LogP contribution >= 0.6 is 11.8 Å². The minimum atomic E-state index is -0.0795. The first-order valence-corrected chi connectivity index (χ1v) is 9.08. The van der Waals surface area contributed by atoms with Crippen LogP contribution in [0.2, 0.25) is 0 Å². The number of carbonyl (C=O) groups is 2. The number of hydrogen-bond acceptors (Lipinski definition) is 3. The van der Waals surface area contributed by atoms with Crippen molar-refractivity contribution in [3.05, 3.63) is 70.8 Å². The van der Waals surface area contributed by atoms with Crippen molar-refractivity contribution in [1.82, 2.24) is 0 Å². The lowest BCUT2D eigenvalue weighted by molar-refractivity contribution is 0.0977. The lowest BCUT2D eigenvalue weighted by Crippen LogP contribution is -2.32. The van der Waals surface area contributed by atoms with Gasteiger partial charge in [0.1, 0.15) is 0 Å². The van der Waals surface area contributed by atoms with Gasteiger partial charge in [0.05, 0.1) is 10.5 Å². The highest BCUT2D eigenvalue weighted by Gasteiger charge is 2.34.